The quantitative estimate of drug-likeness (QED) is 0.265. The van der Waals surface area contributed by atoms with Gasteiger partial charge in [-0.05, 0) is 42.0 Å². The average molecular weight is 434 g/mol. The molecule has 0 saturated heterocycles. The number of aromatic nitrogens is 3. The number of halogens is 2. The number of anilines is 1. The molecular formula is C18H13Cl2N5O4. The van der Waals surface area contributed by atoms with Gasteiger partial charge in [0.1, 0.15) is 0 Å². The third kappa shape index (κ3) is 5.31. The highest BCUT2D eigenvalue weighted by Crippen LogP contribution is 2.29. The molecule has 0 amide bonds. The molecule has 0 spiro atoms. The molecule has 148 valence electrons. The molecule has 9 nitrogen and oxygen atoms in total. The number of carbonyl (C=O) groups excluding carboxylic acids is 1. The van der Waals surface area contributed by atoms with Crippen LogP contribution in [-0.2, 0) is 0 Å². The van der Waals surface area contributed by atoms with Gasteiger partial charge in [0.15, 0.2) is 17.3 Å². The van der Waals surface area contributed by atoms with Gasteiger partial charge < -0.3 is 9.47 Å². The zero-order valence-electron chi connectivity index (χ0n) is 14.8. The normalized spacial score (nSPS) is 10.7. The molecule has 1 heterocycles. The Bertz CT molecular complexity index is 1130. The number of hydrazone groups is 1. The summed E-state index contributed by atoms with van der Waals surface area (Å²) in [5.74, 6) is 0.0423. The van der Waals surface area contributed by atoms with E-state index in [9.17, 15) is 9.59 Å². The standard InChI is InChI=1S/C18H13Cl2N5O4/c1-28-15-6-10(8-21-24-16-9-22-25-18(27)23-16)2-5-14(15)29-17(26)12-4-3-11(19)7-13(12)20/h2-9H,1H3,(H2,23,24,25,27)/b21-8+. The summed E-state index contributed by atoms with van der Waals surface area (Å²) in [4.78, 5) is 27.1. The minimum atomic E-state index is -0.652. The molecular weight excluding hydrogens is 421 g/mol. The Hall–Kier alpha value is -3.43. The van der Waals surface area contributed by atoms with Crippen LogP contribution < -0.4 is 20.6 Å². The number of carbonyl (C=O) groups is 1. The highest BCUT2D eigenvalue weighted by Gasteiger charge is 2.16. The van der Waals surface area contributed by atoms with Crippen molar-refractivity contribution in [3.63, 3.8) is 0 Å². The molecule has 0 unspecified atom stereocenters. The van der Waals surface area contributed by atoms with E-state index in [0.29, 0.717) is 16.3 Å². The van der Waals surface area contributed by atoms with Crippen molar-refractivity contribution in [2.75, 3.05) is 12.5 Å². The first-order valence-electron chi connectivity index (χ1n) is 8.02. The summed E-state index contributed by atoms with van der Waals surface area (Å²) in [5, 5.41) is 10.3. The van der Waals surface area contributed by atoms with Crippen molar-refractivity contribution in [2.45, 2.75) is 0 Å². The van der Waals surface area contributed by atoms with E-state index in [-0.39, 0.29) is 22.2 Å². The van der Waals surface area contributed by atoms with Crippen LogP contribution in [0.15, 0.2) is 52.5 Å². The molecule has 29 heavy (non-hydrogen) atoms. The third-order valence-electron chi connectivity index (χ3n) is 3.50. The second-order valence-corrected chi connectivity index (χ2v) is 6.31. The van der Waals surface area contributed by atoms with E-state index in [1.54, 1.807) is 24.3 Å². The molecule has 2 N–H and O–H groups in total. The Morgan fingerprint density at radius 1 is 1.21 bits per heavy atom. The van der Waals surface area contributed by atoms with E-state index in [2.05, 4.69) is 25.7 Å². The number of H-pyrrole nitrogens is 1. The molecule has 0 aliphatic rings. The summed E-state index contributed by atoms with van der Waals surface area (Å²) in [6, 6.07) is 9.29. The zero-order valence-corrected chi connectivity index (χ0v) is 16.4. The summed E-state index contributed by atoms with van der Waals surface area (Å²) in [6.45, 7) is 0. The van der Waals surface area contributed by atoms with Crippen LogP contribution in [0.25, 0.3) is 0 Å². The molecule has 0 radical (unpaired) electrons. The van der Waals surface area contributed by atoms with Gasteiger partial charge in [-0.25, -0.2) is 14.7 Å². The van der Waals surface area contributed by atoms with Gasteiger partial charge in [-0.15, -0.1) is 0 Å². The topological polar surface area (TPSA) is 119 Å². The highest BCUT2D eigenvalue weighted by atomic mass is 35.5. The summed E-state index contributed by atoms with van der Waals surface area (Å²) < 4.78 is 10.6. The van der Waals surface area contributed by atoms with Crippen molar-refractivity contribution in [3.05, 3.63) is 74.3 Å². The van der Waals surface area contributed by atoms with E-state index < -0.39 is 11.7 Å². The Balaban J connectivity index is 1.73. The van der Waals surface area contributed by atoms with E-state index in [1.165, 1.54) is 31.7 Å². The van der Waals surface area contributed by atoms with Crippen molar-refractivity contribution < 1.29 is 14.3 Å². The predicted octanol–water partition coefficient (Wildman–Crippen LogP) is 3.15. The number of hydrogen-bond acceptors (Lipinski definition) is 8. The van der Waals surface area contributed by atoms with Gasteiger partial charge in [-0.1, -0.05) is 23.2 Å². The van der Waals surface area contributed by atoms with Crippen molar-refractivity contribution in [1.29, 1.82) is 0 Å². The molecule has 0 fully saturated rings. The van der Waals surface area contributed by atoms with Crippen LogP contribution in [0.5, 0.6) is 11.5 Å². The Labute approximate surface area is 174 Å². The molecule has 0 aliphatic heterocycles. The van der Waals surface area contributed by atoms with Crippen molar-refractivity contribution in [2.24, 2.45) is 5.10 Å². The lowest BCUT2D eigenvalue weighted by Crippen LogP contribution is -2.13. The average Bonchev–Trinajstić information content (AvgIpc) is 2.69. The summed E-state index contributed by atoms with van der Waals surface area (Å²) in [5.41, 5.74) is 2.79. The van der Waals surface area contributed by atoms with Gasteiger partial charge in [0.2, 0.25) is 0 Å². The lowest BCUT2D eigenvalue weighted by molar-refractivity contribution is 0.0730. The van der Waals surface area contributed by atoms with Crippen molar-refractivity contribution in [1.82, 2.24) is 15.2 Å². The minimum Gasteiger partial charge on any atom is -0.493 e. The van der Waals surface area contributed by atoms with E-state index in [4.69, 9.17) is 32.7 Å². The summed E-state index contributed by atoms with van der Waals surface area (Å²) in [6.07, 6.45) is 2.77. The number of aromatic amines is 1. The first-order chi connectivity index (χ1) is 14.0. The molecule has 3 aromatic rings. The lowest BCUT2D eigenvalue weighted by atomic mass is 10.2. The van der Waals surface area contributed by atoms with Crippen molar-refractivity contribution >= 4 is 41.2 Å². The number of esters is 1. The number of ether oxygens (including phenoxy) is 2. The first-order valence-corrected chi connectivity index (χ1v) is 8.78. The maximum atomic E-state index is 12.4. The van der Waals surface area contributed by atoms with Crippen LogP contribution in [-0.4, -0.2) is 34.5 Å². The predicted molar refractivity (Wildman–Crippen MR) is 108 cm³/mol. The summed E-state index contributed by atoms with van der Waals surface area (Å²) >= 11 is 11.9. The zero-order chi connectivity index (χ0) is 20.8. The van der Waals surface area contributed by atoms with Gasteiger partial charge in [0.05, 0.1) is 30.1 Å². The highest BCUT2D eigenvalue weighted by molar-refractivity contribution is 6.36. The number of nitrogens with one attached hydrogen (secondary N) is 2. The molecule has 0 aliphatic carbocycles. The maximum absolute atomic E-state index is 12.4. The lowest BCUT2D eigenvalue weighted by Gasteiger charge is -2.10. The third-order valence-corrected chi connectivity index (χ3v) is 4.05. The van der Waals surface area contributed by atoms with Crippen LogP contribution in [0.4, 0.5) is 5.82 Å². The fourth-order valence-electron chi connectivity index (χ4n) is 2.20. The number of benzene rings is 2. The molecule has 2 aromatic carbocycles. The van der Waals surface area contributed by atoms with Crippen LogP contribution in [0.1, 0.15) is 15.9 Å². The van der Waals surface area contributed by atoms with Gasteiger partial charge in [0, 0.05) is 5.02 Å². The molecule has 0 saturated carbocycles. The Kier molecular flexibility index (Phi) is 6.43. The van der Waals surface area contributed by atoms with E-state index in [1.807, 2.05) is 0 Å². The SMILES string of the molecule is COc1cc(/C=N/Nc2cn[nH]c(=O)n2)ccc1OC(=O)c1ccc(Cl)cc1Cl. The van der Waals surface area contributed by atoms with Gasteiger partial charge in [-0.3, -0.25) is 5.43 Å². The number of nitrogens with zero attached hydrogens (tertiary/aromatic N) is 3. The maximum Gasteiger partial charge on any atom is 0.363 e. The van der Waals surface area contributed by atoms with E-state index in [0.717, 1.165) is 0 Å². The smallest absolute Gasteiger partial charge is 0.363 e. The van der Waals surface area contributed by atoms with Crippen LogP contribution in [0.2, 0.25) is 10.0 Å². The number of methoxy groups -OCH3 is 1. The largest absolute Gasteiger partial charge is 0.493 e. The first kappa shape index (κ1) is 20.3. The molecule has 0 atom stereocenters. The van der Waals surface area contributed by atoms with Crippen LogP contribution in [0, 0.1) is 0 Å². The monoisotopic (exact) mass is 433 g/mol. The van der Waals surface area contributed by atoms with Gasteiger partial charge in [0.25, 0.3) is 0 Å². The van der Waals surface area contributed by atoms with E-state index >= 15 is 0 Å². The van der Waals surface area contributed by atoms with Crippen LogP contribution in [0.3, 0.4) is 0 Å². The summed E-state index contributed by atoms with van der Waals surface area (Å²) in [7, 11) is 1.44. The fraction of sp³-hybridized carbons (Fsp3) is 0.0556. The fourth-order valence-corrected chi connectivity index (χ4v) is 2.68. The van der Waals surface area contributed by atoms with Gasteiger partial charge >= 0.3 is 11.7 Å². The Morgan fingerprint density at radius 3 is 2.76 bits per heavy atom. The molecule has 11 heteroatoms. The van der Waals surface area contributed by atoms with Gasteiger partial charge in [-0.2, -0.15) is 15.2 Å². The second kappa shape index (κ2) is 9.18. The number of hydrogen-bond donors (Lipinski definition) is 2. The van der Waals surface area contributed by atoms with Crippen LogP contribution >= 0.6 is 23.2 Å². The molecule has 1 aromatic heterocycles. The number of rotatable bonds is 6. The molecule has 0 bridgehead atoms. The second-order valence-electron chi connectivity index (χ2n) is 5.47. The Morgan fingerprint density at radius 2 is 2.03 bits per heavy atom. The minimum absolute atomic E-state index is 0.173. The molecule has 3 rings (SSSR count). The van der Waals surface area contributed by atoms with Crippen molar-refractivity contribution in [3.8, 4) is 11.5 Å².